The molecular weight excluding hydrogens is 279 g/mol. The molecule has 0 aliphatic carbocycles. The van der Waals surface area contributed by atoms with Crippen LogP contribution in [-0.4, -0.2) is 23.3 Å². The quantitative estimate of drug-likeness (QED) is 0.841. The SMILES string of the molecule is O=C(O)CCC(=O)NCc1ccccc1OC(F)(F)F. The monoisotopic (exact) mass is 291 g/mol. The first-order chi connectivity index (χ1) is 9.28. The number of carbonyl (C=O) groups excluding carboxylic acids is 1. The highest BCUT2D eigenvalue weighted by Gasteiger charge is 2.31. The number of halogens is 3. The van der Waals surface area contributed by atoms with Crippen LogP contribution in [0.5, 0.6) is 5.75 Å². The molecule has 1 amide bonds. The van der Waals surface area contributed by atoms with Crippen molar-refractivity contribution in [2.24, 2.45) is 0 Å². The highest BCUT2D eigenvalue weighted by molar-refractivity contribution is 5.80. The van der Waals surface area contributed by atoms with Gasteiger partial charge in [-0.15, -0.1) is 13.2 Å². The third kappa shape index (κ3) is 6.07. The number of carboxylic acids is 1. The molecule has 110 valence electrons. The van der Waals surface area contributed by atoms with Crippen LogP contribution in [-0.2, 0) is 16.1 Å². The van der Waals surface area contributed by atoms with E-state index in [-0.39, 0.29) is 24.9 Å². The molecule has 2 N–H and O–H groups in total. The second kappa shape index (κ2) is 6.78. The van der Waals surface area contributed by atoms with Crippen molar-refractivity contribution in [1.82, 2.24) is 5.32 Å². The summed E-state index contributed by atoms with van der Waals surface area (Å²) < 4.78 is 40.3. The van der Waals surface area contributed by atoms with Gasteiger partial charge in [0.2, 0.25) is 5.91 Å². The van der Waals surface area contributed by atoms with E-state index in [1.165, 1.54) is 18.2 Å². The van der Waals surface area contributed by atoms with Gasteiger partial charge in [-0.25, -0.2) is 0 Å². The summed E-state index contributed by atoms with van der Waals surface area (Å²) >= 11 is 0. The molecule has 1 aromatic rings. The number of hydrogen-bond donors (Lipinski definition) is 2. The third-order valence-corrected chi connectivity index (χ3v) is 2.24. The molecule has 1 aromatic carbocycles. The minimum absolute atomic E-state index is 0.147. The van der Waals surface area contributed by atoms with E-state index >= 15 is 0 Å². The maximum Gasteiger partial charge on any atom is 0.573 e. The minimum Gasteiger partial charge on any atom is -0.481 e. The van der Waals surface area contributed by atoms with Gasteiger partial charge in [-0.05, 0) is 6.07 Å². The van der Waals surface area contributed by atoms with Gasteiger partial charge in [0.05, 0.1) is 6.42 Å². The Morgan fingerprint density at radius 2 is 1.85 bits per heavy atom. The number of amides is 1. The van der Waals surface area contributed by atoms with E-state index in [1.807, 2.05) is 0 Å². The van der Waals surface area contributed by atoms with Gasteiger partial charge < -0.3 is 15.2 Å². The first-order valence-corrected chi connectivity index (χ1v) is 5.60. The average molecular weight is 291 g/mol. The maximum absolute atomic E-state index is 12.2. The Morgan fingerprint density at radius 3 is 2.45 bits per heavy atom. The second-order valence-electron chi connectivity index (χ2n) is 3.83. The van der Waals surface area contributed by atoms with Gasteiger partial charge in [0.25, 0.3) is 0 Å². The van der Waals surface area contributed by atoms with Gasteiger partial charge >= 0.3 is 12.3 Å². The summed E-state index contributed by atoms with van der Waals surface area (Å²) in [5.41, 5.74) is 0.147. The van der Waals surface area contributed by atoms with Crippen molar-refractivity contribution in [3.63, 3.8) is 0 Å². The predicted molar refractivity (Wildman–Crippen MR) is 61.8 cm³/mol. The Kier molecular flexibility index (Phi) is 5.36. The van der Waals surface area contributed by atoms with Gasteiger partial charge in [0.1, 0.15) is 5.75 Å². The highest BCUT2D eigenvalue weighted by atomic mass is 19.4. The molecule has 0 saturated carbocycles. The van der Waals surface area contributed by atoms with Crippen LogP contribution < -0.4 is 10.1 Å². The summed E-state index contributed by atoms with van der Waals surface area (Å²) in [6, 6.07) is 5.38. The fourth-order valence-electron chi connectivity index (χ4n) is 1.38. The number of ether oxygens (including phenoxy) is 1. The van der Waals surface area contributed by atoms with Crippen LogP contribution in [0.3, 0.4) is 0 Å². The molecule has 8 heteroatoms. The molecule has 20 heavy (non-hydrogen) atoms. The van der Waals surface area contributed by atoms with Crippen molar-refractivity contribution in [1.29, 1.82) is 0 Å². The van der Waals surface area contributed by atoms with Crippen LogP contribution in [0.1, 0.15) is 18.4 Å². The second-order valence-corrected chi connectivity index (χ2v) is 3.83. The number of carbonyl (C=O) groups is 2. The molecule has 0 atom stereocenters. The summed E-state index contributed by atoms with van der Waals surface area (Å²) in [5.74, 6) is -2.09. The van der Waals surface area contributed by atoms with Gasteiger partial charge in [-0.3, -0.25) is 9.59 Å². The van der Waals surface area contributed by atoms with Crippen LogP contribution in [0.2, 0.25) is 0 Å². The number of hydrogen-bond acceptors (Lipinski definition) is 3. The summed E-state index contributed by atoms with van der Waals surface area (Å²) in [6.45, 7) is -0.176. The van der Waals surface area contributed by atoms with Crippen LogP contribution >= 0.6 is 0 Å². The van der Waals surface area contributed by atoms with E-state index in [9.17, 15) is 22.8 Å². The molecule has 0 bridgehead atoms. The number of nitrogens with one attached hydrogen (secondary N) is 1. The normalized spacial score (nSPS) is 10.9. The summed E-state index contributed by atoms with van der Waals surface area (Å²) in [4.78, 5) is 21.5. The van der Waals surface area contributed by atoms with Crippen LogP contribution in [0.25, 0.3) is 0 Å². The van der Waals surface area contributed by atoms with E-state index in [1.54, 1.807) is 0 Å². The van der Waals surface area contributed by atoms with Crippen molar-refractivity contribution in [2.75, 3.05) is 0 Å². The molecule has 0 saturated heterocycles. The van der Waals surface area contributed by atoms with Crippen molar-refractivity contribution < 1.29 is 32.6 Å². The fraction of sp³-hybridized carbons (Fsp3) is 0.333. The lowest BCUT2D eigenvalue weighted by atomic mass is 10.2. The molecule has 0 heterocycles. The first kappa shape index (κ1) is 15.8. The van der Waals surface area contributed by atoms with Gasteiger partial charge in [-0.1, -0.05) is 18.2 Å². The van der Waals surface area contributed by atoms with E-state index in [0.717, 1.165) is 6.07 Å². The smallest absolute Gasteiger partial charge is 0.481 e. The van der Waals surface area contributed by atoms with E-state index < -0.39 is 24.0 Å². The number of benzene rings is 1. The zero-order valence-electron chi connectivity index (χ0n) is 10.2. The van der Waals surface area contributed by atoms with Crippen LogP contribution in [0.15, 0.2) is 24.3 Å². The summed E-state index contributed by atoms with van der Waals surface area (Å²) in [5, 5.41) is 10.7. The molecule has 0 spiro atoms. The summed E-state index contributed by atoms with van der Waals surface area (Å²) in [6.07, 6.45) is -5.40. The zero-order chi connectivity index (χ0) is 15.2. The van der Waals surface area contributed by atoms with Crippen molar-refractivity contribution >= 4 is 11.9 Å². The van der Waals surface area contributed by atoms with E-state index in [0.29, 0.717) is 0 Å². The first-order valence-electron chi connectivity index (χ1n) is 5.60. The lowest BCUT2D eigenvalue weighted by Crippen LogP contribution is -2.24. The van der Waals surface area contributed by atoms with Gasteiger partial charge in [-0.2, -0.15) is 0 Å². The Labute approximate surface area is 112 Å². The molecule has 0 radical (unpaired) electrons. The Bertz CT molecular complexity index is 488. The lowest BCUT2D eigenvalue weighted by Gasteiger charge is -2.13. The minimum atomic E-state index is -4.82. The molecule has 0 aliphatic rings. The van der Waals surface area contributed by atoms with E-state index in [2.05, 4.69) is 10.1 Å². The molecule has 0 aliphatic heterocycles. The lowest BCUT2D eigenvalue weighted by molar-refractivity contribution is -0.274. The fourth-order valence-corrected chi connectivity index (χ4v) is 1.38. The van der Waals surface area contributed by atoms with E-state index in [4.69, 9.17) is 5.11 Å². The van der Waals surface area contributed by atoms with Gasteiger partial charge in [0, 0.05) is 18.5 Å². The number of para-hydroxylation sites is 1. The Hall–Kier alpha value is -2.25. The van der Waals surface area contributed by atoms with Gasteiger partial charge in [0.15, 0.2) is 0 Å². The molecule has 0 unspecified atom stereocenters. The Balaban J connectivity index is 2.59. The largest absolute Gasteiger partial charge is 0.573 e. The molecule has 0 fully saturated rings. The van der Waals surface area contributed by atoms with Crippen molar-refractivity contribution in [2.45, 2.75) is 25.7 Å². The topological polar surface area (TPSA) is 75.6 Å². The summed E-state index contributed by atoms with van der Waals surface area (Å²) in [7, 11) is 0. The van der Waals surface area contributed by atoms with Crippen LogP contribution in [0, 0.1) is 0 Å². The molecule has 5 nitrogen and oxygen atoms in total. The Morgan fingerprint density at radius 1 is 1.20 bits per heavy atom. The molecular formula is C12H12F3NO4. The number of alkyl halides is 3. The average Bonchev–Trinajstić information content (AvgIpc) is 2.33. The number of carboxylic acid groups (broad SMARTS) is 1. The standard InChI is InChI=1S/C12H12F3NO4/c13-12(14,15)20-9-4-2-1-3-8(9)7-16-10(17)5-6-11(18)19/h1-4H,5-7H2,(H,16,17)(H,18,19). The number of aliphatic carboxylic acids is 1. The van der Waals surface area contributed by atoms with Crippen molar-refractivity contribution in [3.05, 3.63) is 29.8 Å². The van der Waals surface area contributed by atoms with Crippen LogP contribution in [0.4, 0.5) is 13.2 Å². The number of rotatable bonds is 6. The molecule has 0 aromatic heterocycles. The third-order valence-electron chi connectivity index (χ3n) is 2.24. The molecule has 1 rings (SSSR count). The maximum atomic E-state index is 12.2. The van der Waals surface area contributed by atoms with Crippen molar-refractivity contribution in [3.8, 4) is 5.75 Å². The highest BCUT2D eigenvalue weighted by Crippen LogP contribution is 2.26. The predicted octanol–water partition coefficient (Wildman–Crippen LogP) is 2.07. The zero-order valence-corrected chi connectivity index (χ0v) is 10.2.